The van der Waals surface area contributed by atoms with E-state index in [-0.39, 0.29) is 18.4 Å². The number of pyridine rings is 1. The van der Waals surface area contributed by atoms with Crippen molar-refractivity contribution in [2.24, 2.45) is 5.92 Å². The lowest BCUT2D eigenvalue weighted by molar-refractivity contribution is 0.243. The van der Waals surface area contributed by atoms with E-state index in [4.69, 9.17) is 5.11 Å². The van der Waals surface area contributed by atoms with Gasteiger partial charge in [-0.1, -0.05) is 13.8 Å². The van der Waals surface area contributed by atoms with Crippen LogP contribution in [0.5, 0.6) is 5.75 Å². The second kappa shape index (κ2) is 6.57. The molecule has 96 valence electrons. The van der Waals surface area contributed by atoms with Crippen LogP contribution in [0.25, 0.3) is 0 Å². The number of aryl methyl sites for hydroxylation is 1. The SMILES string of the molecule is Cc1ccc(O)c(CNC(CCO)C(C)C)n1. The fourth-order valence-electron chi connectivity index (χ4n) is 1.77. The first-order valence-electron chi connectivity index (χ1n) is 6.04. The Kier molecular flexibility index (Phi) is 5.38. The highest BCUT2D eigenvalue weighted by atomic mass is 16.3. The molecule has 0 saturated heterocycles. The number of nitrogens with one attached hydrogen (secondary N) is 1. The molecule has 0 saturated carbocycles. The van der Waals surface area contributed by atoms with Crippen molar-refractivity contribution in [1.29, 1.82) is 0 Å². The Balaban J connectivity index is 2.61. The smallest absolute Gasteiger partial charge is 0.138 e. The summed E-state index contributed by atoms with van der Waals surface area (Å²) in [5.74, 6) is 0.656. The number of hydrogen-bond donors (Lipinski definition) is 3. The predicted octanol–water partition coefficient (Wildman–Crippen LogP) is 1.59. The summed E-state index contributed by atoms with van der Waals surface area (Å²) in [7, 11) is 0. The molecule has 1 aromatic rings. The van der Waals surface area contributed by atoms with Crippen LogP contribution in [0, 0.1) is 12.8 Å². The van der Waals surface area contributed by atoms with Crippen molar-refractivity contribution in [3.63, 3.8) is 0 Å². The minimum Gasteiger partial charge on any atom is -0.506 e. The molecule has 3 N–H and O–H groups in total. The van der Waals surface area contributed by atoms with E-state index in [1.54, 1.807) is 12.1 Å². The topological polar surface area (TPSA) is 65.4 Å². The monoisotopic (exact) mass is 238 g/mol. The maximum absolute atomic E-state index is 9.66. The van der Waals surface area contributed by atoms with Crippen LogP contribution in [-0.4, -0.2) is 27.8 Å². The van der Waals surface area contributed by atoms with Crippen LogP contribution in [0.4, 0.5) is 0 Å². The number of aromatic hydroxyl groups is 1. The number of nitrogens with zero attached hydrogens (tertiary/aromatic N) is 1. The Bertz CT molecular complexity index is 353. The Labute approximate surface area is 103 Å². The molecule has 1 unspecified atom stereocenters. The molecule has 1 heterocycles. The van der Waals surface area contributed by atoms with Crippen molar-refractivity contribution >= 4 is 0 Å². The first kappa shape index (κ1) is 13.9. The van der Waals surface area contributed by atoms with E-state index < -0.39 is 0 Å². The maximum Gasteiger partial charge on any atom is 0.138 e. The van der Waals surface area contributed by atoms with E-state index in [1.165, 1.54) is 0 Å². The van der Waals surface area contributed by atoms with Gasteiger partial charge in [0.1, 0.15) is 5.75 Å². The zero-order chi connectivity index (χ0) is 12.8. The van der Waals surface area contributed by atoms with Gasteiger partial charge in [-0.05, 0) is 31.4 Å². The maximum atomic E-state index is 9.66. The van der Waals surface area contributed by atoms with Crippen molar-refractivity contribution in [2.75, 3.05) is 6.61 Å². The Hall–Kier alpha value is -1.13. The van der Waals surface area contributed by atoms with Crippen LogP contribution in [0.1, 0.15) is 31.7 Å². The third kappa shape index (κ3) is 4.32. The summed E-state index contributed by atoms with van der Waals surface area (Å²) in [6.45, 7) is 6.81. The van der Waals surface area contributed by atoms with Crippen molar-refractivity contribution in [3.05, 3.63) is 23.5 Å². The van der Waals surface area contributed by atoms with Crippen molar-refractivity contribution in [3.8, 4) is 5.75 Å². The molecule has 0 spiro atoms. The van der Waals surface area contributed by atoms with Crippen LogP contribution < -0.4 is 5.32 Å². The lowest BCUT2D eigenvalue weighted by Crippen LogP contribution is -2.34. The molecular weight excluding hydrogens is 216 g/mol. The molecule has 1 aromatic heterocycles. The first-order chi connectivity index (χ1) is 8.04. The quantitative estimate of drug-likeness (QED) is 0.704. The molecule has 4 heteroatoms. The van der Waals surface area contributed by atoms with E-state index in [9.17, 15) is 5.11 Å². The molecule has 0 amide bonds. The molecule has 0 fully saturated rings. The molecule has 0 aromatic carbocycles. The fraction of sp³-hybridized carbons (Fsp3) is 0.615. The molecule has 1 atom stereocenters. The zero-order valence-corrected chi connectivity index (χ0v) is 10.8. The molecule has 17 heavy (non-hydrogen) atoms. The van der Waals surface area contributed by atoms with Gasteiger partial charge in [-0.25, -0.2) is 0 Å². The van der Waals surface area contributed by atoms with Crippen LogP contribution in [0.15, 0.2) is 12.1 Å². The van der Waals surface area contributed by atoms with Gasteiger partial charge in [-0.2, -0.15) is 0 Å². The number of rotatable bonds is 6. The van der Waals surface area contributed by atoms with Gasteiger partial charge < -0.3 is 15.5 Å². The van der Waals surface area contributed by atoms with E-state index in [1.807, 2.05) is 6.92 Å². The zero-order valence-electron chi connectivity index (χ0n) is 10.8. The Morgan fingerprint density at radius 1 is 1.35 bits per heavy atom. The van der Waals surface area contributed by atoms with Crippen LogP contribution in [-0.2, 0) is 6.54 Å². The van der Waals surface area contributed by atoms with E-state index in [2.05, 4.69) is 24.1 Å². The predicted molar refractivity (Wildman–Crippen MR) is 67.8 cm³/mol. The minimum atomic E-state index is 0.170. The molecular formula is C13H22N2O2. The van der Waals surface area contributed by atoms with Gasteiger partial charge in [0.15, 0.2) is 0 Å². The Morgan fingerprint density at radius 2 is 2.06 bits per heavy atom. The average Bonchev–Trinajstić information content (AvgIpc) is 2.28. The summed E-state index contributed by atoms with van der Waals surface area (Å²) in [6, 6.07) is 3.68. The average molecular weight is 238 g/mol. The second-order valence-electron chi connectivity index (χ2n) is 4.66. The normalized spacial score (nSPS) is 13.0. The lowest BCUT2D eigenvalue weighted by atomic mass is 10.0. The number of aromatic nitrogens is 1. The third-order valence-corrected chi connectivity index (χ3v) is 2.87. The number of hydrogen-bond acceptors (Lipinski definition) is 4. The lowest BCUT2D eigenvalue weighted by Gasteiger charge is -2.21. The summed E-state index contributed by atoms with van der Waals surface area (Å²) in [4.78, 5) is 4.29. The van der Waals surface area contributed by atoms with Crippen LogP contribution in [0.2, 0.25) is 0 Å². The van der Waals surface area contributed by atoms with Gasteiger partial charge >= 0.3 is 0 Å². The molecule has 0 aliphatic heterocycles. The van der Waals surface area contributed by atoms with Crippen LogP contribution >= 0.6 is 0 Å². The highest BCUT2D eigenvalue weighted by molar-refractivity contribution is 5.27. The third-order valence-electron chi connectivity index (χ3n) is 2.87. The standard InChI is InChI=1S/C13H22N2O2/c1-9(2)11(6-7-16)14-8-12-13(17)5-4-10(3)15-12/h4-5,9,11,14,16-17H,6-8H2,1-3H3. The minimum absolute atomic E-state index is 0.170. The first-order valence-corrected chi connectivity index (χ1v) is 6.04. The molecule has 0 bridgehead atoms. The second-order valence-corrected chi connectivity index (χ2v) is 4.66. The van der Waals surface area contributed by atoms with Gasteiger partial charge in [0, 0.05) is 24.9 Å². The molecule has 0 aliphatic rings. The summed E-state index contributed by atoms with van der Waals surface area (Å²) >= 11 is 0. The van der Waals surface area contributed by atoms with Crippen LogP contribution in [0.3, 0.4) is 0 Å². The molecule has 0 radical (unpaired) electrons. The summed E-state index contributed by atoms with van der Waals surface area (Å²) in [5, 5.41) is 22.0. The molecule has 0 aliphatic carbocycles. The van der Waals surface area contributed by atoms with Gasteiger partial charge in [0.25, 0.3) is 0 Å². The molecule has 1 rings (SSSR count). The fourth-order valence-corrected chi connectivity index (χ4v) is 1.77. The van der Waals surface area contributed by atoms with Gasteiger partial charge in [-0.15, -0.1) is 0 Å². The van der Waals surface area contributed by atoms with E-state index in [0.717, 1.165) is 5.69 Å². The molecule has 4 nitrogen and oxygen atoms in total. The Morgan fingerprint density at radius 3 is 2.65 bits per heavy atom. The largest absolute Gasteiger partial charge is 0.506 e. The van der Waals surface area contributed by atoms with Crippen molar-refractivity contribution in [1.82, 2.24) is 10.3 Å². The summed E-state index contributed by atoms with van der Waals surface area (Å²) in [5.41, 5.74) is 1.55. The van der Waals surface area contributed by atoms with E-state index in [0.29, 0.717) is 24.6 Å². The van der Waals surface area contributed by atoms with Gasteiger partial charge in [0.2, 0.25) is 0 Å². The highest BCUT2D eigenvalue weighted by Gasteiger charge is 2.13. The number of aliphatic hydroxyl groups excluding tert-OH is 1. The summed E-state index contributed by atoms with van der Waals surface area (Å²) < 4.78 is 0. The van der Waals surface area contributed by atoms with Crippen molar-refractivity contribution < 1.29 is 10.2 Å². The van der Waals surface area contributed by atoms with Gasteiger partial charge in [0.05, 0.1) is 5.69 Å². The summed E-state index contributed by atoms with van der Waals surface area (Å²) in [6.07, 6.45) is 0.713. The van der Waals surface area contributed by atoms with E-state index >= 15 is 0 Å². The highest BCUT2D eigenvalue weighted by Crippen LogP contribution is 2.15. The number of aliphatic hydroxyl groups is 1. The van der Waals surface area contributed by atoms with Crippen molar-refractivity contribution in [2.45, 2.75) is 39.8 Å². The van der Waals surface area contributed by atoms with Gasteiger partial charge in [-0.3, -0.25) is 4.98 Å².